The maximum atomic E-state index is 12.7. The van der Waals surface area contributed by atoms with Crippen molar-refractivity contribution in [3.63, 3.8) is 0 Å². The average Bonchev–Trinajstić information content (AvgIpc) is 3.37. The van der Waals surface area contributed by atoms with E-state index < -0.39 is 0 Å². The fraction of sp³-hybridized carbons (Fsp3) is 0.226. The smallest absolute Gasteiger partial charge is 0.251 e. The number of nitrogens with zero attached hydrogens (tertiary/aromatic N) is 4. The van der Waals surface area contributed by atoms with Crippen LogP contribution < -0.4 is 5.32 Å². The van der Waals surface area contributed by atoms with E-state index in [1.807, 2.05) is 42.6 Å². The number of carbonyl (C=O) groups excluding carboxylic acids is 1. The predicted molar refractivity (Wildman–Crippen MR) is 157 cm³/mol. The number of hydrogen-bond donors (Lipinski definition) is 2. The first-order chi connectivity index (χ1) is 19.5. The Hall–Kier alpha value is -3.78. The molecule has 0 bridgehead atoms. The molecule has 9 heteroatoms. The van der Waals surface area contributed by atoms with Crippen LogP contribution in [0.25, 0.3) is 11.0 Å². The maximum absolute atomic E-state index is 12.7. The molecule has 7 nitrogen and oxygen atoms in total. The highest BCUT2D eigenvalue weighted by Gasteiger charge is 2.28. The zero-order chi connectivity index (χ0) is 27.5. The first-order valence-corrected chi connectivity index (χ1v) is 14.1. The fourth-order valence-corrected chi connectivity index (χ4v) is 5.90. The van der Waals surface area contributed by atoms with Gasteiger partial charge in [0.05, 0.1) is 29.3 Å². The number of hydrogen-bond acceptors (Lipinski definition) is 5. The zero-order valence-electron chi connectivity index (χ0n) is 21.8. The lowest BCUT2D eigenvalue weighted by molar-refractivity contribution is 0.0950. The summed E-state index contributed by atoms with van der Waals surface area (Å²) in [5.41, 5.74) is 7.01. The molecule has 0 fully saturated rings. The predicted octanol–water partition coefficient (Wildman–Crippen LogP) is 6.67. The van der Waals surface area contributed by atoms with Crippen molar-refractivity contribution in [2.24, 2.45) is 0 Å². The molecule has 5 aromatic rings. The van der Waals surface area contributed by atoms with E-state index in [1.54, 1.807) is 0 Å². The molecule has 2 aromatic carbocycles. The van der Waals surface area contributed by atoms with Gasteiger partial charge in [0, 0.05) is 24.8 Å². The van der Waals surface area contributed by atoms with Crippen molar-refractivity contribution >= 4 is 40.1 Å². The van der Waals surface area contributed by atoms with Gasteiger partial charge in [0.15, 0.2) is 0 Å². The number of benzene rings is 2. The number of carbonyl (C=O) groups is 1. The SMILES string of the molecule is O=C(NCc1cccc(CN(Cc2nc3ccccc3[nH]2)C2CCCc3cccnc32)c1)c1cc(Cl)nc(Cl)c1. The minimum atomic E-state index is -0.256. The minimum Gasteiger partial charge on any atom is -0.348 e. The third kappa shape index (κ3) is 6.02. The highest BCUT2D eigenvalue weighted by Crippen LogP contribution is 2.34. The normalized spacial score (nSPS) is 14.8. The van der Waals surface area contributed by atoms with Gasteiger partial charge in [-0.25, -0.2) is 9.97 Å². The standard InChI is InChI=1S/C31H28Cl2N6O/c32-27-15-23(16-28(33)38-27)31(40)35-17-20-6-3-7-21(14-20)18-39(19-29-36-24-10-1-2-11-25(24)37-29)26-12-4-8-22-9-5-13-34-30(22)26/h1-3,5-7,9-11,13-16,26H,4,8,12,17-19H2,(H,35,40)(H,36,37). The Morgan fingerprint density at radius 1 is 0.950 bits per heavy atom. The van der Waals surface area contributed by atoms with Crippen molar-refractivity contribution < 1.29 is 4.79 Å². The summed E-state index contributed by atoms with van der Waals surface area (Å²) >= 11 is 11.9. The van der Waals surface area contributed by atoms with Crippen LogP contribution in [0.3, 0.4) is 0 Å². The number of aromatic nitrogens is 4. The summed E-state index contributed by atoms with van der Waals surface area (Å²) < 4.78 is 0. The second kappa shape index (κ2) is 11.8. The molecular weight excluding hydrogens is 543 g/mol. The summed E-state index contributed by atoms with van der Waals surface area (Å²) in [6.07, 6.45) is 5.11. The van der Waals surface area contributed by atoms with Crippen molar-refractivity contribution in [1.82, 2.24) is 30.2 Å². The van der Waals surface area contributed by atoms with Crippen molar-refractivity contribution in [2.75, 3.05) is 0 Å². The Bertz CT molecular complexity index is 1620. The second-order valence-corrected chi connectivity index (χ2v) is 10.8. The molecule has 0 radical (unpaired) electrons. The van der Waals surface area contributed by atoms with Gasteiger partial charge in [0.2, 0.25) is 0 Å². The molecule has 1 atom stereocenters. The van der Waals surface area contributed by atoms with Crippen molar-refractivity contribution in [1.29, 1.82) is 0 Å². The van der Waals surface area contributed by atoms with Crippen molar-refractivity contribution in [2.45, 2.75) is 44.9 Å². The Balaban J connectivity index is 1.23. The first kappa shape index (κ1) is 26.4. The number of para-hydroxylation sites is 2. The molecule has 2 N–H and O–H groups in total. The largest absolute Gasteiger partial charge is 0.348 e. The molecule has 1 aliphatic rings. The summed E-state index contributed by atoms with van der Waals surface area (Å²) in [7, 11) is 0. The van der Waals surface area contributed by atoms with Gasteiger partial charge in [0.1, 0.15) is 16.1 Å². The lowest BCUT2D eigenvalue weighted by Gasteiger charge is -2.34. The molecule has 3 aromatic heterocycles. The van der Waals surface area contributed by atoms with Crippen LogP contribution in [0.4, 0.5) is 0 Å². The molecule has 3 heterocycles. The van der Waals surface area contributed by atoms with E-state index in [2.05, 4.69) is 44.5 Å². The number of imidazole rings is 1. The van der Waals surface area contributed by atoms with Gasteiger partial charge in [-0.3, -0.25) is 14.7 Å². The van der Waals surface area contributed by atoms with Crippen LogP contribution in [0, 0.1) is 0 Å². The van der Waals surface area contributed by atoms with Gasteiger partial charge < -0.3 is 10.3 Å². The molecule has 1 amide bonds. The molecule has 1 unspecified atom stereocenters. The maximum Gasteiger partial charge on any atom is 0.251 e. The number of H-pyrrole nitrogens is 1. The van der Waals surface area contributed by atoms with E-state index in [0.29, 0.717) is 18.7 Å². The second-order valence-electron chi connectivity index (χ2n) is 10.1. The van der Waals surface area contributed by atoms with Crippen molar-refractivity contribution in [3.05, 3.63) is 123 Å². The monoisotopic (exact) mass is 570 g/mol. The number of rotatable bonds is 8. The highest BCUT2D eigenvalue weighted by atomic mass is 35.5. The van der Waals surface area contributed by atoms with Gasteiger partial charge in [-0.1, -0.05) is 65.7 Å². The topological polar surface area (TPSA) is 86.8 Å². The van der Waals surface area contributed by atoms with Crippen LogP contribution in [0.5, 0.6) is 0 Å². The Kier molecular flexibility index (Phi) is 7.77. The number of fused-ring (bicyclic) bond motifs is 2. The van der Waals surface area contributed by atoms with E-state index in [0.717, 1.165) is 59.5 Å². The van der Waals surface area contributed by atoms with Gasteiger partial charge in [0.25, 0.3) is 5.91 Å². The van der Waals surface area contributed by atoms with E-state index in [9.17, 15) is 4.79 Å². The number of halogens is 2. The summed E-state index contributed by atoms with van der Waals surface area (Å²) in [6.45, 7) is 1.76. The van der Waals surface area contributed by atoms with Gasteiger partial charge in [-0.05, 0) is 66.3 Å². The minimum absolute atomic E-state index is 0.183. The lowest BCUT2D eigenvalue weighted by atomic mass is 9.90. The average molecular weight is 572 g/mol. The molecule has 202 valence electrons. The molecule has 0 spiro atoms. The molecule has 40 heavy (non-hydrogen) atoms. The Morgan fingerprint density at radius 2 is 1.77 bits per heavy atom. The molecule has 6 rings (SSSR count). The van der Waals surface area contributed by atoms with Crippen LogP contribution in [0.1, 0.15) is 57.5 Å². The molecule has 1 aliphatic carbocycles. The lowest BCUT2D eigenvalue weighted by Crippen LogP contribution is -2.32. The first-order valence-electron chi connectivity index (χ1n) is 13.3. The van der Waals surface area contributed by atoms with Crippen LogP contribution in [0.15, 0.2) is 79.0 Å². The van der Waals surface area contributed by atoms with Crippen LogP contribution >= 0.6 is 23.2 Å². The summed E-state index contributed by atoms with van der Waals surface area (Å²) in [5, 5.41) is 3.33. The zero-order valence-corrected chi connectivity index (χ0v) is 23.3. The molecular formula is C31H28Cl2N6O. The molecule has 0 saturated carbocycles. The summed E-state index contributed by atoms with van der Waals surface area (Å²) in [4.78, 5) is 32.2. The number of aryl methyl sites for hydroxylation is 1. The Labute approximate surface area is 242 Å². The van der Waals surface area contributed by atoms with E-state index >= 15 is 0 Å². The third-order valence-corrected chi connectivity index (χ3v) is 7.64. The van der Waals surface area contributed by atoms with E-state index in [-0.39, 0.29) is 22.3 Å². The number of nitrogens with one attached hydrogen (secondary N) is 2. The van der Waals surface area contributed by atoms with Gasteiger partial charge in [-0.2, -0.15) is 0 Å². The quantitative estimate of drug-likeness (QED) is 0.203. The number of amides is 1. The highest BCUT2D eigenvalue weighted by molar-refractivity contribution is 6.33. The Morgan fingerprint density at radius 3 is 2.62 bits per heavy atom. The van der Waals surface area contributed by atoms with Crippen LogP contribution in [0.2, 0.25) is 10.3 Å². The van der Waals surface area contributed by atoms with E-state index in [4.69, 9.17) is 33.2 Å². The molecule has 0 saturated heterocycles. The summed E-state index contributed by atoms with van der Waals surface area (Å²) in [5.74, 6) is 0.676. The fourth-order valence-electron chi connectivity index (χ4n) is 5.44. The summed E-state index contributed by atoms with van der Waals surface area (Å²) in [6, 6.07) is 23.8. The van der Waals surface area contributed by atoms with E-state index in [1.165, 1.54) is 17.7 Å². The number of pyridine rings is 2. The molecule has 0 aliphatic heterocycles. The van der Waals surface area contributed by atoms with Crippen LogP contribution in [-0.4, -0.2) is 30.7 Å². The van der Waals surface area contributed by atoms with Crippen molar-refractivity contribution in [3.8, 4) is 0 Å². The number of aromatic amines is 1. The third-order valence-electron chi connectivity index (χ3n) is 7.25. The van der Waals surface area contributed by atoms with Gasteiger partial charge in [-0.15, -0.1) is 0 Å². The van der Waals surface area contributed by atoms with Gasteiger partial charge >= 0.3 is 0 Å². The van der Waals surface area contributed by atoms with Crippen LogP contribution in [-0.2, 0) is 26.1 Å².